The fourth-order valence-corrected chi connectivity index (χ4v) is 2.14. The number of carbonyl (C=O) groups excluding carboxylic acids is 1. The minimum absolute atomic E-state index is 0.0879. The van der Waals surface area contributed by atoms with Crippen LogP contribution in [0.2, 0.25) is 0 Å². The number of benzene rings is 1. The van der Waals surface area contributed by atoms with Gasteiger partial charge in [-0.05, 0) is 32.9 Å². The van der Waals surface area contributed by atoms with Crippen molar-refractivity contribution in [1.82, 2.24) is 20.9 Å². The SMILES string of the molecule is CCNC(=NCc1nc(C)c(C)o1)NCCNC(=O)c1ccccc1. The highest BCUT2D eigenvalue weighted by molar-refractivity contribution is 5.94. The number of nitrogens with one attached hydrogen (secondary N) is 3. The van der Waals surface area contributed by atoms with E-state index in [1.807, 2.05) is 39.0 Å². The molecule has 0 spiro atoms. The van der Waals surface area contributed by atoms with Crippen LogP contribution in [0, 0.1) is 13.8 Å². The van der Waals surface area contributed by atoms with Gasteiger partial charge in [0, 0.05) is 25.2 Å². The zero-order valence-electron chi connectivity index (χ0n) is 14.9. The van der Waals surface area contributed by atoms with Crippen molar-refractivity contribution in [2.24, 2.45) is 4.99 Å². The number of hydrogen-bond acceptors (Lipinski definition) is 4. The van der Waals surface area contributed by atoms with Crippen LogP contribution >= 0.6 is 0 Å². The standard InChI is InChI=1S/C18H25N5O2/c1-4-19-18(22-12-16-23-13(2)14(3)25-16)21-11-10-20-17(24)15-8-6-5-7-9-15/h5-9H,4,10-12H2,1-3H3,(H,20,24)(H2,19,21,22). The summed E-state index contributed by atoms with van der Waals surface area (Å²) in [5.74, 6) is 1.97. The Morgan fingerprint density at radius 2 is 1.84 bits per heavy atom. The second-order valence-electron chi connectivity index (χ2n) is 5.49. The van der Waals surface area contributed by atoms with E-state index in [1.165, 1.54) is 0 Å². The van der Waals surface area contributed by atoms with Crippen LogP contribution < -0.4 is 16.0 Å². The predicted octanol–water partition coefficient (Wildman–Crippen LogP) is 1.78. The maximum atomic E-state index is 12.0. The van der Waals surface area contributed by atoms with E-state index in [4.69, 9.17) is 4.42 Å². The fraction of sp³-hybridized carbons (Fsp3) is 0.389. The average Bonchev–Trinajstić information content (AvgIpc) is 2.95. The lowest BCUT2D eigenvalue weighted by atomic mass is 10.2. The van der Waals surface area contributed by atoms with E-state index < -0.39 is 0 Å². The smallest absolute Gasteiger partial charge is 0.251 e. The minimum Gasteiger partial charge on any atom is -0.444 e. The van der Waals surface area contributed by atoms with E-state index >= 15 is 0 Å². The molecule has 1 heterocycles. The van der Waals surface area contributed by atoms with Crippen molar-refractivity contribution in [2.75, 3.05) is 19.6 Å². The molecule has 134 valence electrons. The van der Waals surface area contributed by atoms with Gasteiger partial charge in [-0.2, -0.15) is 0 Å². The molecule has 0 unspecified atom stereocenters. The largest absolute Gasteiger partial charge is 0.444 e. The predicted molar refractivity (Wildman–Crippen MR) is 97.6 cm³/mol. The van der Waals surface area contributed by atoms with Gasteiger partial charge in [0.25, 0.3) is 5.91 Å². The lowest BCUT2D eigenvalue weighted by molar-refractivity contribution is 0.0954. The van der Waals surface area contributed by atoms with Gasteiger partial charge in [0.2, 0.25) is 5.89 Å². The molecule has 25 heavy (non-hydrogen) atoms. The second kappa shape index (κ2) is 9.46. The van der Waals surface area contributed by atoms with Gasteiger partial charge in [-0.15, -0.1) is 0 Å². The average molecular weight is 343 g/mol. The molecule has 0 fully saturated rings. The molecule has 0 bridgehead atoms. The highest BCUT2D eigenvalue weighted by atomic mass is 16.4. The van der Waals surface area contributed by atoms with Gasteiger partial charge in [0.05, 0.1) is 5.69 Å². The molecule has 0 saturated carbocycles. The van der Waals surface area contributed by atoms with Crippen LogP contribution in [-0.2, 0) is 6.54 Å². The molecule has 2 aromatic rings. The lowest BCUT2D eigenvalue weighted by Gasteiger charge is -2.11. The molecule has 1 aromatic heterocycles. The van der Waals surface area contributed by atoms with Gasteiger partial charge >= 0.3 is 0 Å². The molecule has 0 saturated heterocycles. The number of rotatable bonds is 7. The molecule has 7 heteroatoms. The number of nitrogens with zero attached hydrogens (tertiary/aromatic N) is 2. The molecule has 0 aliphatic heterocycles. The number of hydrogen-bond donors (Lipinski definition) is 3. The van der Waals surface area contributed by atoms with Crippen molar-refractivity contribution in [3.8, 4) is 0 Å². The maximum absolute atomic E-state index is 12.0. The molecule has 3 N–H and O–H groups in total. The minimum atomic E-state index is -0.0879. The van der Waals surface area contributed by atoms with Crippen molar-refractivity contribution in [3.05, 3.63) is 53.2 Å². The van der Waals surface area contributed by atoms with E-state index in [2.05, 4.69) is 25.9 Å². The van der Waals surface area contributed by atoms with Gasteiger partial charge in [-0.25, -0.2) is 9.98 Å². The van der Waals surface area contributed by atoms with Crippen LogP contribution in [0.4, 0.5) is 0 Å². The Bertz CT molecular complexity index is 690. The van der Waals surface area contributed by atoms with Crippen LogP contribution in [0.1, 0.15) is 34.6 Å². The van der Waals surface area contributed by atoms with E-state index in [0.717, 1.165) is 18.0 Å². The summed E-state index contributed by atoms with van der Waals surface area (Å²) >= 11 is 0. The Hall–Kier alpha value is -2.83. The van der Waals surface area contributed by atoms with Crippen molar-refractivity contribution in [1.29, 1.82) is 0 Å². The number of amides is 1. The van der Waals surface area contributed by atoms with Crippen LogP contribution in [0.5, 0.6) is 0 Å². The van der Waals surface area contributed by atoms with E-state index in [9.17, 15) is 4.79 Å². The molecule has 0 radical (unpaired) electrons. The van der Waals surface area contributed by atoms with Gasteiger partial charge < -0.3 is 20.4 Å². The monoisotopic (exact) mass is 343 g/mol. The summed E-state index contributed by atoms with van der Waals surface area (Å²) in [4.78, 5) is 20.7. The summed E-state index contributed by atoms with van der Waals surface area (Å²) in [5, 5.41) is 9.19. The maximum Gasteiger partial charge on any atom is 0.251 e. The Morgan fingerprint density at radius 1 is 1.12 bits per heavy atom. The number of oxazole rings is 1. The van der Waals surface area contributed by atoms with Crippen molar-refractivity contribution in [2.45, 2.75) is 27.3 Å². The van der Waals surface area contributed by atoms with Crippen LogP contribution in [0.3, 0.4) is 0 Å². The van der Waals surface area contributed by atoms with Gasteiger partial charge in [-0.1, -0.05) is 18.2 Å². The Labute approximate surface area is 147 Å². The zero-order chi connectivity index (χ0) is 18.1. The van der Waals surface area contributed by atoms with Crippen molar-refractivity contribution in [3.63, 3.8) is 0 Å². The first-order valence-corrected chi connectivity index (χ1v) is 8.38. The van der Waals surface area contributed by atoms with Crippen LogP contribution in [0.25, 0.3) is 0 Å². The summed E-state index contributed by atoms with van der Waals surface area (Å²) in [6, 6.07) is 9.14. The van der Waals surface area contributed by atoms with Crippen molar-refractivity contribution < 1.29 is 9.21 Å². The van der Waals surface area contributed by atoms with Gasteiger partial charge in [0.15, 0.2) is 5.96 Å². The Kier molecular flexibility index (Phi) is 7.00. The van der Waals surface area contributed by atoms with Crippen LogP contribution in [-0.4, -0.2) is 36.5 Å². The number of aryl methyl sites for hydroxylation is 2. The normalized spacial score (nSPS) is 11.2. The van der Waals surface area contributed by atoms with Gasteiger partial charge in [-0.3, -0.25) is 4.79 Å². The Balaban J connectivity index is 1.79. The molecule has 1 amide bonds. The van der Waals surface area contributed by atoms with E-state index in [-0.39, 0.29) is 5.91 Å². The summed E-state index contributed by atoms with van der Waals surface area (Å²) < 4.78 is 5.52. The number of aliphatic imine (C=N–C) groups is 1. The molecule has 0 aliphatic rings. The third-order valence-electron chi connectivity index (χ3n) is 3.53. The topological polar surface area (TPSA) is 91.6 Å². The molecular weight excluding hydrogens is 318 g/mol. The summed E-state index contributed by atoms with van der Waals surface area (Å²) in [6.45, 7) is 7.95. The first-order valence-electron chi connectivity index (χ1n) is 8.38. The third kappa shape index (κ3) is 5.95. The van der Waals surface area contributed by atoms with Gasteiger partial charge in [0.1, 0.15) is 12.3 Å². The second-order valence-corrected chi connectivity index (χ2v) is 5.49. The highest BCUT2D eigenvalue weighted by Crippen LogP contribution is 2.08. The zero-order valence-corrected chi connectivity index (χ0v) is 14.9. The number of guanidine groups is 1. The number of aromatic nitrogens is 1. The Morgan fingerprint density at radius 3 is 2.48 bits per heavy atom. The molecule has 2 rings (SSSR count). The molecule has 1 aromatic carbocycles. The lowest BCUT2D eigenvalue weighted by Crippen LogP contribution is -2.41. The highest BCUT2D eigenvalue weighted by Gasteiger charge is 2.06. The molecular formula is C18H25N5O2. The van der Waals surface area contributed by atoms with E-state index in [0.29, 0.717) is 37.0 Å². The first-order chi connectivity index (χ1) is 12.1. The van der Waals surface area contributed by atoms with Crippen molar-refractivity contribution >= 4 is 11.9 Å². The summed E-state index contributed by atoms with van der Waals surface area (Å²) in [7, 11) is 0. The van der Waals surface area contributed by atoms with Crippen LogP contribution in [0.15, 0.2) is 39.7 Å². The molecule has 7 nitrogen and oxygen atoms in total. The fourth-order valence-electron chi connectivity index (χ4n) is 2.14. The molecule has 0 aliphatic carbocycles. The molecule has 0 atom stereocenters. The first kappa shape index (κ1) is 18.5. The number of carbonyl (C=O) groups is 1. The van der Waals surface area contributed by atoms with E-state index in [1.54, 1.807) is 12.1 Å². The quantitative estimate of drug-likeness (QED) is 0.405. The summed E-state index contributed by atoms with van der Waals surface area (Å²) in [6.07, 6.45) is 0. The summed E-state index contributed by atoms with van der Waals surface area (Å²) in [5.41, 5.74) is 1.53. The third-order valence-corrected chi connectivity index (χ3v) is 3.53.